The molecule has 0 atom stereocenters. The lowest BCUT2D eigenvalue weighted by atomic mass is 10.6. The molecule has 0 heterocycles. The SMILES string of the molecule is COC(F)(F)C([O-])(F)F. The lowest BCUT2D eigenvalue weighted by molar-refractivity contribution is -0.637. The molecule has 0 radical (unpaired) electrons. The van der Waals surface area contributed by atoms with Gasteiger partial charge in [-0.2, -0.15) is 8.78 Å². The Morgan fingerprint density at radius 1 is 1.22 bits per heavy atom. The Bertz CT molecular complexity index is 96.5. The molecule has 0 aliphatic rings. The highest BCUT2D eigenvalue weighted by Crippen LogP contribution is 2.28. The molecule has 0 fully saturated rings. The first-order valence-electron chi connectivity index (χ1n) is 1.82. The van der Waals surface area contributed by atoms with E-state index in [1.165, 1.54) is 0 Å². The summed E-state index contributed by atoms with van der Waals surface area (Å²) in [5.74, 6) is 0. The number of methoxy groups -OCH3 is 1. The molecule has 0 unspecified atom stereocenters. The third kappa shape index (κ3) is 1.79. The van der Waals surface area contributed by atoms with Gasteiger partial charge in [0, 0.05) is 7.11 Å². The monoisotopic (exact) mass is 147 g/mol. The van der Waals surface area contributed by atoms with Gasteiger partial charge < -0.3 is 9.84 Å². The molecular formula is C3H3F4O2-. The summed E-state index contributed by atoms with van der Waals surface area (Å²) in [6.07, 6.45) is -10.3. The second kappa shape index (κ2) is 2.11. The van der Waals surface area contributed by atoms with Gasteiger partial charge in [-0.1, -0.05) is 0 Å². The molecule has 2 nitrogen and oxygen atoms in total. The summed E-state index contributed by atoms with van der Waals surface area (Å²) in [7, 11) is 0.325. The number of hydrogen-bond acceptors (Lipinski definition) is 2. The van der Waals surface area contributed by atoms with E-state index in [2.05, 4.69) is 4.74 Å². The lowest BCUT2D eigenvalue weighted by Gasteiger charge is -2.28. The van der Waals surface area contributed by atoms with Gasteiger partial charge in [-0.25, -0.2) is 8.78 Å². The van der Waals surface area contributed by atoms with Crippen LogP contribution >= 0.6 is 0 Å². The Hall–Kier alpha value is -0.360. The predicted molar refractivity (Wildman–Crippen MR) is 16.9 cm³/mol. The van der Waals surface area contributed by atoms with Crippen molar-refractivity contribution in [3.8, 4) is 0 Å². The van der Waals surface area contributed by atoms with E-state index in [1.807, 2.05) is 0 Å². The van der Waals surface area contributed by atoms with Crippen LogP contribution in [0.4, 0.5) is 17.6 Å². The van der Waals surface area contributed by atoms with E-state index in [0.29, 0.717) is 7.11 Å². The van der Waals surface area contributed by atoms with Crippen molar-refractivity contribution < 1.29 is 27.4 Å². The van der Waals surface area contributed by atoms with Crippen LogP contribution in [0.1, 0.15) is 0 Å². The number of halogens is 4. The van der Waals surface area contributed by atoms with E-state index in [9.17, 15) is 17.6 Å². The van der Waals surface area contributed by atoms with E-state index < -0.39 is 12.2 Å². The normalized spacial score (nSPS) is 14.0. The van der Waals surface area contributed by atoms with E-state index in [0.717, 1.165) is 0 Å². The van der Waals surface area contributed by atoms with Crippen molar-refractivity contribution in [1.82, 2.24) is 0 Å². The Kier molecular flexibility index (Phi) is 2.02. The van der Waals surface area contributed by atoms with Gasteiger partial charge in [0.05, 0.1) is 0 Å². The molecule has 0 saturated carbocycles. The van der Waals surface area contributed by atoms with Crippen molar-refractivity contribution in [2.24, 2.45) is 0 Å². The minimum Gasteiger partial charge on any atom is -0.791 e. The van der Waals surface area contributed by atoms with E-state index >= 15 is 0 Å². The van der Waals surface area contributed by atoms with Gasteiger partial charge in [0.25, 0.3) is 6.11 Å². The molecule has 0 spiro atoms. The fourth-order valence-electron chi connectivity index (χ4n) is 0.119. The summed E-state index contributed by atoms with van der Waals surface area (Å²) in [5.41, 5.74) is 0. The number of ether oxygens (including phenoxy) is 1. The van der Waals surface area contributed by atoms with Crippen LogP contribution < -0.4 is 5.11 Å². The molecule has 56 valence electrons. The highest BCUT2D eigenvalue weighted by Gasteiger charge is 2.47. The van der Waals surface area contributed by atoms with E-state index in [-0.39, 0.29) is 0 Å². The van der Waals surface area contributed by atoms with Crippen LogP contribution in [0.2, 0.25) is 0 Å². The lowest BCUT2D eigenvalue weighted by Crippen LogP contribution is -2.52. The van der Waals surface area contributed by atoms with Crippen LogP contribution in [0.5, 0.6) is 0 Å². The summed E-state index contributed by atoms with van der Waals surface area (Å²) >= 11 is 0. The van der Waals surface area contributed by atoms with Gasteiger partial charge in [-0.3, -0.25) is 0 Å². The minimum absolute atomic E-state index is 0.325. The van der Waals surface area contributed by atoms with Crippen LogP contribution in [0.3, 0.4) is 0 Å². The van der Waals surface area contributed by atoms with Gasteiger partial charge in [-0.05, 0) is 0 Å². The molecule has 0 N–H and O–H groups in total. The maximum Gasteiger partial charge on any atom is 0.404 e. The van der Waals surface area contributed by atoms with Crippen molar-refractivity contribution >= 4 is 0 Å². The van der Waals surface area contributed by atoms with Crippen molar-refractivity contribution in [1.29, 1.82) is 0 Å². The van der Waals surface area contributed by atoms with Crippen LogP contribution in [0.25, 0.3) is 0 Å². The molecule has 0 aromatic rings. The number of alkyl halides is 4. The van der Waals surface area contributed by atoms with Gasteiger partial charge in [0.2, 0.25) is 0 Å². The highest BCUT2D eigenvalue weighted by atomic mass is 19.3. The Morgan fingerprint density at radius 2 is 1.56 bits per heavy atom. The molecule has 0 aliphatic carbocycles. The largest absolute Gasteiger partial charge is 0.791 e. The Morgan fingerprint density at radius 3 is 1.56 bits per heavy atom. The second-order valence-electron chi connectivity index (χ2n) is 1.24. The minimum atomic E-state index is -5.36. The Labute approximate surface area is 48.0 Å². The van der Waals surface area contributed by atoms with E-state index in [1.54, 1.807) is 0 Å². The molecule has 0 saturated heterocycles. The van der Waals surface area contributed by atoms with Crippen molar-refractivity contribution in [2.75, 3.05) is 7.11 Å². The molecule has 6 heteroatoms. The molecular weight excluding hydrogens is 144 g/mol. The second-order valence-corrected chi connectivity index (χ2v) is 1.24. The van der Waals surface area contributed by atoms with Gasteiger partial charge in [0.1, 0.15) is 0 Å². The van der Waals surface area contributed by atoms with Crippen molar-refractivity contribution in [3.63, 3.8) is 0 Å². The summed E-state index contributed by atoms with van der Waals surface area (Å²) in [5, 5.41) is 9.15. The van der Waals surface area contributed by atoms with Crippen LogP contribution in [0, 0.1) is 0 Å². The highest BCUT2D eigenvalue weighted by molar-refractivity contribution is 4.59. The maximum atomic E-state index is 11.4. The quantitative estimate of drug-likeness (QED) is 0.522. The zero-order chi connectivity index (χ0) is 7.71. The number of hydrogen-bond donors (Lipinski definition) is 0. The first-order valence-corrected chi connectivity index (χ1v) is 1.82. The summed E-state index contributed by atoms with van der Waals surface area (Å²) < 4.78 is 47.8. The number of rotatable bonds is 2. The smallest absolute Gasteiger partial charge is 0.404 e. The summed E-state index contributed by atoms with van der Waals surface area (Å²) in [4.78, 5) is 0. The van der Waals surface area contributed by atoms with E-state index in [4.69, 9.17) is 5.11 Å². The zero-order valence-corrected chi connectivity index (χ0v) is 4.33. The fraction of sp³-hybridized carbons (Fsp3) is 1.00. The molecule has 0 rings (SSSR count). The summed E-state index contributed by atoms with van der Waals surface area (Å²) in [6.45, 7) is 0. The van der Waals surface area contributed by atoms with Gasteiger partial charge >= 0.3 is 6.11 Å². The Balaban J connectivity index is 4.14. The average Bonchev–Trinajstić information content (AvgIpc) is 1.64. The molecule has 0 bridgehead atoms. The standard InChI is InChI=1S/C3H3F4O2/c1-9-3(6,7)2(4,5)8/h1H3/q-1. The van der Waals surface area contributed by atoms with Gasteiger partial charge in [-0.15, -0.1) is 0 Å². The first kappa shape index (κ1) is 8.64. The first-order chi connectivity index (χ1) is 3.81. The van der Waals surface area contributed by atoms with Crippen LogP contribution in [-0.2, 0) is 4.74 Å². The summed E-state index contributed by atoms with van der Waals surface area (Å²) in [6, 6.07) is 0. The molecule has 0 amide bonds. The van der Waals surface area contributed by atoms with Gasteiger partial charge in [0.15, 0.2) is 0 Å². The molecule has 9 heavy (non-hydrogen) atoms. The molecule has 0 aromatic carbocycles. The van der Waals surface area contributed by atoms with Crippen molar-refractivity contribution in [2.45, 2.75) is 12.2 Å². The zero-order valence-electron chi connectivity index (χ0n) is 4.33. The molecule has 0 aromatic heterocycles. The average molecular weight is 147 g/mol. The fourth-order valence-corrected chi connectivity index (χ4v) is 0.119. The topological polar surface area (TPSA) is 32.3 Å². The predicted octanol–water partition coefficient (Wildman–Crippen LogP) is 0.179. The third-order valence-corrected chi connectivity index (χ3v) is 0.595. The van der Waals surface area contributed by atoms with Crippen LogP contribution in [-0.4, -0.2) is 19.3 Å². The maximum absolute atomic E-state index is 11.4. The van der Waals surface area contributed by atoms with Crippen molar-refractivity contribution in [3.05, 3.63) is 0 Å². The molecule has 0 aliphatic heterocycles. The third-order valence-electron chi connectivity index (χ3n) is 0.595. The van der Waals surface area contributed by atoms with Crippen LogP contribution in [0.15, 0.2) is 0 Å².